The summed E-state index contributed by atoms with van der Waals surface area (Å²) in [7, 11) is 0. The molecule has 0 atom stereocenters. The molecule has 5 nitrogen and oxygen atoms in total. The van der Waals surface area contributed by atoms with Crippen molar-refractivity contribution < 1.29 is 4.79 Å². The molecular formula is C14H18N4OS. The summed E-state index contributed by atoms with van der Waals surface area (Å²) < 4.78 is 0. The minimum atomic E-state index is 0.0287. The molecule has 1 fully saturated rings. The number of rotatable bonds is 1. The number of nitrogens with zero attached hydrogens (tertiary/aromatic N) is 3. The molecule has 1 saturated heterocycles. The van der Waals surface area contributed by atoms with Gasteiger partial charge in [-0.2, -0.15) is 5.10 Å². The lowest BCUT2D eigenvalue weighted by Crippen LogP contribution is -2.41. The maximum Gasteiger partial charge on any atom is 0.266 e. The Balaban J connectivity index is 1.88. The van der Waals surface area contributed by atoms with Crippen molar-refractivity contribution in [1.82, 2.24) is 15.1 Å². The molecule has 6 heteroatoms. The number of amides is 1. The lowest BCUT2D eigenvalue weighted by Gasteiger charge is -2.36. The van der Waals surface area contributed by atoms with Crippen LogP contribution in [0.15, 0.2) is 12.3 Å². The van der Waals surface area contributed by atoms with Crippen LogP contribution in [-0.4, -0.2) is 34.1 Å². The summed E-state index contributed by atoms with van der Waals surface area (Å²) in [4.78, 5) is 15.8. The van der Waals surface area contributed by atoms with Crippen LogP contribution in [0.4, 0.5) is 5.69 Å². The van der Waals surface area contributed by atoms with E-state index in [1.54, 1.807) is 6.20 Å². The number of nitrogens with two attached hydrogens (primary N) is 1. The number of hydrogen-bond donors (Lipinski definition) is 1. The zero-order chi connectivity index (χ0) is 14.3. The Kier molecular flexibility index (Phi) is 3.12. The third-order valence-corrected chi connectivity index (χ3v) is 5.11. The zero-order valence-electron chi connectivity index (χ0n) is 11.7. The molecule has 0 aliphatic carbocycles. The largest absolute Gasteiger partial charge is 0.397 e. The van der Waals surface area contributed by atoms with Crippen molar-refractivity contribution in [3.63, 3.8) is 0 Å². The van der Waals surface area contributed by atoms with Crippen LogP contribution in [0, 0.1) is 5.41 Å². The molecule has 0 spiro atoms. The highest BCUT2D eigenvalue weighted by molar-refractivity contribution is 7.21. The number of nitrogen functional groups attached to an aromatic ring is 1. The van der Waals surface area contributed by atoms with Crippen LogP contribution in [-0.2, 0) is 0 Å². The first-order valence-corrected chi connectivity index (χ1v) is 7.58. The molecule has 1 aliphatic rings. The highest BCUT2D eigenvalue weighted by atomic mass is 32.1. The van der Waals surface area contributed by atoms with Gasteiger partial charge in [-0.1, -0.05) is 13.8 Å². The second-order valence-electron chi connectivity index (χ2n) is 6.05. The van der Waals surface area contributed by atoms with E-state index >= 15 is 0 Å². The molecule has 0 bridgehead atoms. The van der Waals surface area contributed by atoms with Crippen LogP contribution < -0.4 is 5.73 Å². The van der Waals surface area contributed by atoms with Gasteiger partial charge in [-0.25, -0.2) is 0 Å². The predicted octanol–water partition coefficient (Wildman–Crippen LogP) is 2.54. The monoisotopic (exact) mass is 290 g/mol. The van der Waals surface area contributed by atoms with Crippen molar-refractivity contribution in [2.45, 2.75) is 26.7 Å². The number of thiophene rings is 1. The molecule has 3 rings (SSSR count). The lowest BCUT2D eigenvalue weighted by atomic mass is 9.82. The van der Waals surface area contributed by atoms with Crippen molar-refractivity contribution in [2.75, 3.05) is 18.8 Å². The van der Waals surface area contributed by atoms with Crippen LogP contribution in [0.3, 0.4) is 0 Å². The fourth-order valence-corrected chi connectivity index (χ4v) is 3.50. The number of likely N-dealkylation sites (tertiary alicyclic amines) is 1. The van der Waals surface area contributed by atoms with Gasteiger partial charge >= 0.3 is 0 Å². The highest BCUT2D eigenvalue weighted by Crippen LogP contribution is 2.35. The van der Waals surface area contributed by atoms with Crippen LogP contribution >= 0.6 is 11.3 Å². The Morgan fingerprint density at radius 1 is 1.40 bits per heavy atom. The van der Waals surface area contributed by atoms with E-state index in [1.165, 1.54) is 11.3 Å². The molecule has 2 N–H and O–H groups in total. The number of hydrogen-bond acceptors (Lipinski definition) is 5. The average molecular weight is 290 g/mol. The first kappa shape index (κ1) is 13.3. The topological polar surface area (TPSA) is 72.1 Å². The van der Waals surface area contributed by atoms with Gasteiger partial charge in [0.1, 0.15) is 9.71 Å². The summed E-state index contributed by atoms with van der Waals surface area (Å²) in [5.41, 5.74) is 6.96. The second-order valence-corrected chi connectivity index (χ2v) is 7.05. The van der Waals surface area contributed by atoms with Gasteiger partial charge in [0, 0.05) is 18.5 Å². The summed E-state index contributed by atoms with van der Waals surface area (Å²) in [6.07, 6.45) is 3.66. The Labute approximate surface area is 121 Å². The Morgan fingerprint density at radius 3 is 2.75 bits per heavy atom. The molecule has 0 saturated carbocycles. The Morgan fingerprint density at radius 2 is 2.10 bits per heavy atom. The van der Waals surface area contributed by atoms with E-state index in [1.807, 2.05) is 11.0 Å². The van der Waals surface area contributed by atoms with Crippen LogP contribution in [0.25, 0.3) is 10.2 Å². The van der Waals surface area contributed by atoms with E-state index in [2.05, 4.69) is 24.0 Å². The molecule has 0 radical (unpaired) electrons. The third kappa shape index (κ3) is 2.24. The van der Waals surface area contributed by atoms with E-state index in [4.69, 9.17) is 5.73 Å². The predicted molar refractivity (Wildman–Crippen MR) is 80.7 cm³/mol. The van der Waals surface area contributed by atoms with Gasteiger partial charge in [-0.3, -0.25) is 4.79 Å². The fourth-order valence-electron chi connectivity index (χ4n) is 2.49. The van der Waals surface area contributed by atoms with Gasteiger partial charge in [-0.05, 0) is 24.3 Å². The molecule has 2 aromatic rings. The molecule has 0 aromatic carbocycles. The zero-order valence-corrected chi connectivity index (χ0v) is 12.5. The number of aromatic nitrogens is 2. The molecule has 106 valence electrons. The second kappa shape index (κ2) is 4.70. The smallest absolute Gasteiger partial charge is 0.266 e. The van der Waals surface area contributed by atoms with Crippen molar-refractivity contribution >= 4 is 33.1 Å². The van der Waals surface area contributed by atoms with Gasteiger partial charge < -0.3 is 10.6 Å². The van der Waals surface area contributed by atoms with Crippen LogP contribution in [0.5, 0.6) is 0 Å². The van der Waals surface area contributed by atoms with E-state index < -0.39 is 0 Å². The van der Waals surface area contributed by atoms with E-state index in [0.29, 0.717) is 16.0 Å². The van der Waals surface area contributed by atoms with Gasteiger partial charge in [0.2, 0.25) is 0 Å². The Bertz CT molecular complexity index is 654. The maximum absolute atomic E-state index is 12.6. The molecule has 1 amide bonds. The first-order valence-electron chi connectivity index (χ1n) is 6.77. The quantitative estimate of drug-likeness (QED) is 0.876. The molecule has 1 aliphatic heterocycles. The maximum atomic E-state index is 12.6. The summed E-state index contributed by atoms with van der Waals surface area (Å²) in [6, 6.07) is 1.81. The van der Waals surface area contributed by atoms with Gasteiger partial charge in [0.15, 0.2) is 0 Å². The first-order chi connectivity index (χ1) is 9.48. The van der Waals surface area contributed by atoms with Gasteiger partial charge in [0.05, 0.1) is 11.9 Å². The number of carbonyl (C=O) groups is 1. The van der Waals surface area contributed by atoms with Crippen molar-refractivity contribution in [2.24, 2.45) is 5.41 Å². The molecule has 2 aromatic heterocycles. The van der Waals surface area contributed by atoms with Crippen molar-refractivity contribution in [3.8, 4) is 0 Å². The molecule has 3 heterocycles. The van der Waals surface area contributed by atoms with Gasteiger partial charge in [0.25, 0.3) is 5.91 Å². The van der Waals surface area contributed by atoms with Crippen molar-refractivity contribution in [1.29, 1.82) is 0 Å². The SMILES string of the molecule is CC1(C)CCN(C(=O)c2sc3nnccc3c2N)CC1. The van der Waals surface area contributed by atoms with Crippen molar-refractivity contribution in [3.05, 3.63) is 17.1 Å². The Hall–Kier alpha value is -1.69. The number of anilines is 1. The van der Waals surface area contributed by atoms with E-state index in [0.717, 1.165) is 36.1 Å². The summed E-state index contributed by atoms with van der Waals surface area (Å²) in [5.74, 6) is 0.0287. The fraction of sp³-hybridized carbons (Fsp3) is 0.500. The lowest BCUT2D eigenvalue weighted by molar-refractivity contribution is 0.0636. The number of carbonyl (C=O) groups excluding carboxylic acids is 1. The summed E-state index contributed by atoms with van der Waals surface area (Å²) in [6.45, 7) is 6.09. The summed E-state index contributed by atoms with van der Waals surface area (Å²) >= 11 is 1.34. The summed E-state index contributed by atoms with van der Waals surface area (Å²) in [5, 5.41) is 8.69. The normalized spacial score (nSPS) is 18.4. The minimum Gasteiger partial charge on any atom is -0.397 e. The average Bonchev–Trinajstić information content (AvgIpc) is 2.76. The standard InChI is InChI=1S/C14H18N4OS/c1-14(2)4-7-18(8-5-14)13(19)11-10(15)9-3-6-16-17-12(9)20-11/h3,6H,4-5,7-8,15H2,1-2H3. The van der Waals surface area contributed by atoms with E-state index in [9.17, 15) is 4.79 Å². The van der Waals surface area contributed by atoms with E-state index in [-0.39, 0.29) is 5.91 Å². The minimum absolute atomic E-state index is 0.0287. The van der Waals surface area contributed by atoms with Crippen LogP contribution in [0.1, 0.15) is 36.4 Å². The van der Waals surface area contributed by atoms with Crippen LogP contribution in [0.2, 0.25) is 0 Å². The molecular weight excluding hydrogens is 272 g/mol. The molecule has 0 unspecified atom stereocenters. The molecule has 20 heavy (non-hydrogen) atoms. The highest BCUT2D eigenvalue weighted by Gasteiger charge is 2.30. The van der Waals surface area contributed by atoms with Gasteiger partial charge in [-0.15, -0.1) is 16.4 Å². The number of piperidine rings is 1. The third-order valence-electron chi connectivity index (χ3n) is 4.02. The number of fused-ring (bicyclic) bond motifs is 1.